The Morgan fingerprint density at radius 2 is 0.744 bits per heavy atom. The molecular weight excluding hydrogens is 1820 g/mol. The summed E-state index contributed by atoms with van der Waals surface area (Å²) < 4.78 is 34.6. The van der Waals surface area contributed by atoms with Gasteiger partial charge in [-0.2, -0.15) is 0 Å². The number of esters is 4. The van der Waals surface area contributed by atoms with Gasteiger partial charge in [-0.3, -0.25) is 44.5 Å². The quantitative estimate of drug-likeness (QED) is 0.00484. The number of pyridine rings is 7. The number of carboxylic acids is 1. The Balaban J connectivity index is 0.00000147. The first kappa shape index (κ1) is 119. The Hall–Kier alpha value is -14.3. The summed E-state index contributed by atoms with van der Waals surface area (Å²) in [6.07, 6.45) is 22.5. The summed E-state index contributed by atoms with van der Waals surface area (Å²) in [6.45, 7) is 31.0. The topological polar surface area (TPSA) is 450 Å². The summed E-state index contributed by atoms with van der Waals surface area (Å²) >= 11 is 2.81. The number of rotatable bonds is 22. The number of carbonyl (C=O) groups is 7. The molecule has 0 aliphatic heterocycles. The zero-order valence-corrected chi connectivity index (χ0v) is 79.3. The van der Waals surface area contributed by atoms with Crippen LogP contribution in [0.2, 0.25) is 0 Å². The van der Waals surface area contributed by atoms with E-state index in [1.165, 1.54) is 53.1 Å². The van der Waals surface area contributed by atoms with E-state index in [9.17, 15) is 43.8 Å². The van der Waals surface area contributed by atoms with E-state index < -0.39 is 61.4 Å². The molecule has 28 nitrogen and oxygen atoms in total. The number of aliphatic carboxylic acids is 1. The van der Waals surface area contributed by atoms with E-state index in [1.54, 1.807) is 124 Å². The molecule has 0 aliphatic rings. The molecule has 0 unspecified atom stereocenters. The first-order valence-electron chi connectivity index (χ1n) is 39.9. The number of amides is 1. The maximum absolute atomic E-state index is 11.8. The van der Waals surface area contributed by atoms with Crippen LogP contribution in [0.25, 0.3) is 42.5 Å². The van der Waals surface area contributed by atoms with E-state index in [0.29, 0.717) is 41.3 Å². The fourth-order valence-corrected chi connectivity index (χ4v) is 15.5. The standard InChI is InChI=1S/C19H18BrP.C17H16N2O2.C12H13NO3.C10H9NO3.C8H9NO2.C8H9N.C7H9NO.C7H7NO.C7H9N.C6H10O4.Li.Mn.H2O.2O/c1-21(20,17-11-5-2-6-12-17,18-13-7-3-8-14-18)19-15-9-4-10-16-19;1-2-13-8-9-15(18-11-13)10-16(20)17(21)19-12-14-6-4-3-5-7-14;1-3-9-5-6-10(13-8-9)7-11(14)12(15)16-4-2;1-2-7-3-4-8(11-6-7)5-9(12)10(13)14;1-6-3-4-7(5-9-6)8(10)11-2;1-3-8-5-4-7(2)9-6-8;2*1-6-2-3-7(5-9)4-8-6;8-6-7-4-2-1-3-5-7;1-3-9-5(7)6(8)10-4-2;;;;;/h2-16H,1H3;2-11,20H,1,12H2,(H,19,21);3,5-8,14H,1,4H2,2H3;2-6,12H,1H2,(H,13,14);3-5H,1-2H3;3-6H,1H2,2H3;2-4,9H,5H2,1H3;2-5H,1H3;1-5H,6,8H2;3-4H2,1-2H3;;;1H2;;/q;;;;;;;;;;+1;;;;/p-1/b;16-10-;11-7-;9-5-;;;;;;;;;;;. The Morgan fingerprint density at radius 1 is 0.429 bits per heavy atom. The van der Waals surface area contributed by atoms with Gasteiger partial charge in [0, 0.05) is 103 Å². The number of halogens is 1. The summed E-state index contributed by atoms with van der Waals surface area (Å²) in [5.74, 6) is -6.43. The summed E-state index contributed by atoms with van der Waals surface area (Å²) in [5.41, 5.74) is 18.3. The van der Waals surface area contributed by atoms with Crippen molar-refractivity contribution in [2.45, 2.75) is 68.2 Å². The molecule has 0 saturated heterocycles. The van der Waals surface area contributed by atoms with Crippen LogP contribution in [0.3, 0.4) is 0 Å². The van der Waals surface area contributed by atoms with E-state index in [1.807, 2.05) is 125 Å². The molecule has 0 saturated carbocycles. The molecule has 0 fully saturated rings. The van der Waals surface area contributed by atoms with Gasteiger partial charge in [-0.05, 0) is 142 Å². The van der Waals surface area contributed by atoms with Crippen LogP contribution in [0.4, 0.5) is 0 Å². The van der Waals surface area contributed by atoms with Crippen molar-refractivity contribution in [3.05, 3.63) is 413 Å². The molecule has 0 atom stereocenters. The van der Waals surface area contributed by atoms with Gasteiger partial charge in [-0.25, -0.2) is 24.0 Å². The fourth-order valence-electron chi connectivity index (χ4n) is 9.78. The van der Waals surface area contributed by atoms with Crippen molar-refractivity contribution in [2.24, 2.45) is 5.73 Å². The number of aliphatic hydroxyl groups excluding tert-OH is 4. The van der Waals surface area contributed by atoms with Crippen LogP contribution < -0.4 is 45.8 Å². The van der Waals surface area contributed by atoms with Gasteiger partial charge in [0.05, 0.1) is 56.2 Å². The van der Waals surface area contributed by atoms with Gasteiger partial charge in [-0.1, -0.05) is 142 Å². The minimum absolute atomic E-state index is 0. The molecule has 7 heterocycles. The van der Waals surface area contributed by atoms with Crippen LogP contribution in [-0.4, -0.2) is 142 Å². The van der Waals surface area contributed by atoms with Crippen LogP contribution in [0.1, 0.15) is 120 Å². The number of aryl methyl sites for hydroxylation is 4. The summed E-state index contributed by atoms with van der Waals surface area (Å²) in [6, 6.07) is 76.8. The molecule has 1 amide bonds. The molecule has 133 heavy (non-hydrogen) atoms. The molecule has 0 radical (unpaired) electrons. The van der Waals surface area contributed by atoms with Gasteiger partial charge in [-0.15, -0.1) is 0 Å². The number of aldehydes is 1. The summed E-state index contributed by atoms with van der Waals surface area (Å²) in [5, 5.41) is 49.1. The molecule has 12 aromatic rings. The molecule has 0 spiro atoms. The Labute approximate surface area is 801 Å². The third-order valence-electron chi connectivity index (χ3n) is 16.9. The molecular formula is C101H110BrLiMnN9O19P. The van der Waals surface area contributed by atoms with Crippen molar-refractivity contribution in [3.8, 4) is 0 Å². The SMILES string of the molecule is C=Cc1ccc(/C=C(\O)C(=O)NCc2ccccc2)nc1.C=Cc1ccc(/C=C(\O)C(=O)O)nc1.C=Cc1ccc(/C=C(\O)C(=O)OCC)nc1.C=Cc1ccc(C)nc1.CCOC(=O)C(=O)OCC.COC(=O)c1ccc(C)nc1.CP(Br)(c1ccccc1)(c1ccccc1)c1ccccc1.Cc1ccc(C=O)cn1.Cc1ccc(CO)cn1.NCc1ccccc1.[Li+].[OH-].[O]=[Mn]=[O]. The summed E-state index contributed by atoms with van der Waals surface area (Å²) in [7, 11) is 1.35. The molecule has 0 aliphatic carbocycles. The van der Waals surface area contributed by atoms with Crippen LogP contribution in [0, 0.1) is 27.7 Å². The minimum atomic E-state index is -2.56. The van der Waals surface area contributed by atoms with Gasteiger partial charge in [0.25, 0.3) is 5.91 Å². The second-order valence-corrected chi connectivity index (χ2v) is 36.4. The third kappa shape index (κ3) is 47.7. The molecule has 32 heteroatoms. The number of hydrogen-bond acceptors (Lipinski definition) is 26. The number of hydrogen-bond donors (Lipinski definition) is 7. The molecule has 693 valence electrons. The number of ether oxygens (including phenoxy) is 4. The second-order valence-electron chi connectivity index (χ2n) is 26.5. The van der Waals surface area contributed by atoms with Crippen molar-refractivity contribution in [2.75, 3.05) is 33.6 Å². The van der Waals surface area contributed by atoms with Gasteiger partial charge in [0.1, 0.15) is 0 Å². The van der Waals surface area contributed by atoms with Gasteiger partial charge >= 0.3 is 206 Å². The first-order valence-corrected chi connectivity index (χ1v) is 45.6. The van der Waals surface area contributed by atoms with Crippen molar-refractivity contribution in [1.29, 1.82) is 0 Å². The second kappa shape index (κ2) is 68.8. The monoisotopic (exact) mass is 1920 g/mol. The number of nitrogens with two attached hydrogens (primary N) is 1. The number of aromatic nitrogens is 7. The first-order chi connectivity index (χ1) is 62.9. The zero-order chi connectivity index (χ0) is 97.2. The molecule has 5 aromatic carbocycles. The predicted octanol–water partition coefficient (Wildman–Crippen LogP) is 14.4. The number of nitrogens with zero attached hydrogens (tertiary/aromatic N) is 7. The Bertz CT molecular complexity index is 5420. The number of nitrogens with one attached hydrogen (secondary N) is 1. The Kier molecular flexibility index (Phi) is 61.4. The van der Waals surface area contributed by atoms with Gasteiger partial charge in [0.15, 0.2) is 12.0 Å². The van der Waals surface area contributed by atoms with Crippen LogP contribution in [0.15, 0.2) is 324 Å². The molecule has 7 aromatic heterocycles. The number of carbonyl (C=O) groups excluding carboxylic acids is 6. The normalized spacial score (nSPS) is 10.2. The van der Waals surface area contributed by atoms with E-state index >= 15 is 0 Å². The molecule has 0 bridgehead atoms. The van der Waals surface area contributed by atoms with Crippen LogP contribution in [-0.2, 0) is 85.1 Å². The van der Waals surface area contributed by atoms with Crippen molar-refractivity contribution >= 4 is 121 Å². The van der Waals surface area contributed by atoms with Crippen molar-refractivity contribution in [1.82, 2.24) is 40.2 Å². The van der Waals surface area contributed by atoms with Crippen molar-refractivity contribution in [3.63, 3.8) is 0 Å². The van der Waals surface area contributed by atoms with Crippen LogP contribution in [0.5, 0.6) is 0 Å². The van der Waals surface area contributed by atoms with E-state index in [-0.39, 0.29) is 62.5 Å². The molecule has 9 N–H and O–H groups in total. The number of aliphatic hydroxyl groups is 4. The average Bonchev–Trinajstić information content (AvgIpc) is 0.718. The summed E-state index contributed by atoms with van der Waals surface area (Å²) in [4.78, 5) is 103. The number of carboxylic acid groups (broad SMARTS) is 1. The van der Waals surface area contributed by atoms with Gasteiger partial charge in [0.2, 0.25) is 11.5 Å². The fraction of sp³-hybridized carbons (Fsp3) is 0.149. The maximum atomic E-state index is 11.8. The molecule has 12 rings (SSSR count). The third-order valence-corrected chi connectivity index (χ3v) is 25.1. The number of benzene rings is 5. The van der Waals surface area contributed by atoms with E-state index in [2.05, 4.69) is 199 Å². The average molecular weight is 1930 g/mol. The van der Waals surface area contributed by atoms with Gasteiger partial charge < -0.3 is 61.0 Å². The van der Waals surface area contributed by atoms with E-state index in [4.69, 9.17) is 28.7 Å². The predicted molar refractivity (Wildman–Crippen MR) is 517 cm³/mol. The zero-order valence-electron chi connectivity index (χ0n) is 75.6. The van der Waals surface area contributed by atoms with Crippen LogP contribution >= 0.6 is 20.8 Å². The Morgan fingerprint density at radius 3 is 1.03 bits per heavy atom. The van der Waals surface area contributed by atoms with E-state index in [0.717, 1.165) is 68.5 Å². The number of methoxy groups -OCH3 is 1. The van der Waals surface area contributed by atoms with Crippen molar-refractivity contribution < 1.29 is 125 Å².